The van der Waals surface area contributed by atoms with Crippen LogP contribution in [0.25, 0.3) is 10.9 Å². The van der Waals surface area contributed by atoms with Crippen molar-refractivity contribution in [1.29, 1.82) is 0 Å². The summed E-state index contributed by atoms with van der Waals surface area (Å²) in [6, 6.07) is 7.86. The molecule has 0 spiro atoms. The number of rotatable bonds is 4. The minimum absolute atomic E-state index is 0.165. The fourth-order valence-electron chi connectivity index (χ4n) is 3.60. The van der Waals surface area contributed by atoms with Crippen molar-refractivity contribution in [3.63, 3.8) is 0 Å². The first-order chi connectivity index (χ1) is 11.5. The highest BCUT2D eigenvalue weighted by Gasteiger charge is 2.49. The number of nitrogens with one attached hydrogen (secondary N) is 2. The maximum atomic E-state index is 13.1. The van der Waals surface area contributed by atoms with Gasteiger partial charge in [-0.05, 0) is 37.5 Å². The van der Waals surface area contributed by atoms with E-state index in [1.54, 1.807) is 19.1 Å². The molecular formula is C18H23N3O3. The van der Waals surface area contributed by atoms with Gasteiger partial charge in [0, 0.05) is 31.6 Å². The number of H-pyrrole nitrogens is 1. The number of carbonyl (C=O) groups is 2. The fraction of sp³-hybridized carbons (Fsp3) is 0.444. The molecule has 1 unspecified atom stereocenters. The molecule has 2 aromatic rings. The Kier molecular flexibility index (Phi) is 4.32. The second-order valence-corrected chi connectivity index (χ2v) is 6.38. The molecule has 1 atom stereocenters. The Hall–Kier alpha value is -2.34. The van der Waals surface area contributed by atoms with Crippen molar-refractivity contribution in [1.82, 2.24) is 15.2 Å². The normalized spacial score (nSPS) is 20.5. The van der Waals surface area contributed by atoms with Gasteiger partial charge in [-0.3, -0.25) is 9.59 Å². The monoisotopic (exact) mass is 329 g/mol. The molecule has 2 amide bonds. The Labute approximate surface area is 141 Å². The van der Waals surface area contributed by atoms with Gasteiger partial charge in [0.25, 0.3) is 5.91 Å². The van der Waals surface area contributed by atoms with Gasteiger partial charge in [-0.25, -0.2) is 0 Å². The van der Waals surface area contributed by atoms with Gasteiger partial charge in [-0.1, -0.05) is 12.1 Å². The lowest BCUT2D eigenvalue weighted by Crippen LogP contribution is -2.59. The van der Waals surface area contributed by atoms with Crippen LogP contribution in [0.4, 0.5) is 0 Å². The van der Waals surface area contributed by atoms with Crippen molar-refractivity contribution < 1.29 is 14.3 Å². The molecule has 0 aliphatic carbocycles. The summed E-state index contributed by atoms with van der Waals surface area (Å²) in [5.41, 5.74) is 1.62. The van der Waals surface area contributed by atoms with Gasteiger partial charge < -0.3 is 19.9 Å². The molecule has 3 rings (SSSR count). The van der Waals surface area contributed by atoms with Crippen LogP contribution in [0.15, 0.2) is 24.3 Å². The molecule has 2 N–H and O–H groups in total. The Morgan fingerprint density at radius 1 is 1.38 bits per heavy atom. The average Bonchev–Trinajstić information content (AvgIpc) is 3.18. The van der Waals surface area contributed by atoms with E-state index in [4.69, 9.17) is 4.74 Å². The number of ether oxygens (including phenoxy) is 1. The Morgan fingerprint density at radius 3 is 2.88 bits per heavy atom. The number of likely N-dealkylation sites (tertiary alicyclic amines) is 1. The standard InChI is InChI=1S/C18H23N3O3/c1-12-5-6-13-10-15(20-14(13)9-12)16(22)21-8-4-7-18(21,11-24-3)17(23)19-2/h5-6,9-10,20H,4,7-8,11H2,1-3H3,(H,19,23). The molecule has 1 aromatic heterocycles. The molecule has 1 aromatic carbocycles. The molecule has 1 aliphatic heterocycles. The molecule has 6 heteroatoms. The number of amides is 2. The third-order valence-electron chi connectivity index (χ3n) is 4.78. The van der Waals surface area contributed by atoms with Crippen LogP contribution in [-0.4, -0.2) is 54.5 Å². The van der Waals surface area contributed by atoms with Crippen molar-refractivity contribution in [3.8, 4) is 0 Å². The van der Waals surface area contributed by atoms with Gasteiger partial charge in [-0.2, -0.15) is 0 Å². The van der Waals surface area contributed by atoms with Crippen molar-refractivity contribution in [3.05, 3.63) is 35.5 Å². The molecule has 0 bridgehead atoms. The average molecular weight is 329 g/mol. The largest absolute Gasteiger partial charge is 0.382 e. The van der Waals surface area contributed by atoms with E-state index in [2.05, 4.69) is 10.3 Å². The van der Waals surface area contributed by atoms with E-state index in [1.165, 1.54) is 0 Å². The molecule has 1 aliphatic rings. The quantitative estimate of drug-likeness (QED) is 0.899. The fourth-order valence-corrected chi connectivity index (χ4v) is 3.60. The zero-order valence-electron chi connectivity index (χ0n) is 14.3. The minimum Gasteiger partial charge on any atom is -0.382 e. The number of hydrogen-bond donors (Lipinski definition) is 2. The van der Waals surface area contributed by atoms with Crippen molar-refractivity contribution in [2.24, 2.45) is 0 Å². The van der Waals surface area contributed by atoms with Gasteiger partial charge in [0.1, 0.15) is 11.2 Å². The van der Waals surface area contributed by atoms with E-state index in [0.29, 0.717) is 18.7 Å². The van der Waals surface area contributed by atoms with Crippen LogP contribution in [0.2, 0.25) is 0 Å². The highest BCUT2D eigenvalue weighted by molar-refractivity contribution is 6.01. The van der Waals surface area contributed by atoms with E-state index >= 15 is 0 Å². The van der Waals surface area contributed by atoms with Gasteiger partial charge >= 0.3 is 0 Å². The number of benzene rings is 1. The molecular weight excluding hydrogens is 306 g/mol. The predicted molar refractivity (Wildman–Crippen MR) is 92.0 cm³/mol. The lowest BCUT2D eigenvalue weighted by atomic mass is 9.95. The zero-order valence-corrected chi connectivity index (χ0v) is 14.3. The number of hydrogen-bond acceptors (Lipinski definition) is 3. The smallest absolute Gasteiger partial charge is 0.271 e. The topological polar surface area (TPSA) is 74.4 Å². The van der Waals surface area contributed by atoms with Crippen molar-refractivity contribution in [2.75, 3.05) is 27.3 Å². The number of fused-ring (bicyclic) bond motifs is 1. The Balaban J connectivity index is 1.98. The predicted octanol–water partition coefficient (Wildman–Crippen LogP) is 1.84. The van der Waals surface area contributed by atoms with Crippen LogP contribution in [-0.2, 0) is 9.53 Å². The molecule has 0 radical (unpaired) electrons. The maximum Gasteiger partial charge on any atom is 0.271 e. The van der Waals surface area contributed by atoms with Crippen LogP contribution >= 0.6 is 0 Å². The summed E-state index contributed by atoms with van der Waals surface area (Å²) in [5.74, 6) is -0.343. The Bertz CT molecular complexity index is 783. The number of nitrogens with zero attached hydrogens (tertiary/aromatic N) is 1. The summed E-state index contributed by atoms with van der Waals surface area (Å²) in [6.07, 6.45) is 1.38. The summed E-state index contributed by atoms with van der Waals surface area (Å²) in [4.78, 5) is 30.4. The van der Waals surface area contributed by atoms with E-state index < -0.39 is 5.54 Å². The molecule has 0 saturated carbocycles. The highest BCUT2D eigenvalue weighted by atomic mass is 16.5. The van der Waals surface area contributed by atoms with Crippen LogP contribution in [0, 0.1) is 6.92 Å². The molecule has 1 fully saturated rings. The van der Waals surface area contributed by atoms with Crippen LogP contribution in [0.1, 0.15) is 28.9 Å². The Morgan fingerprint density at radius 2 is 2.17 bits per heavy atom. The summed E-state index contributed by atoms with van der Waals surface area (Å²) in [6.45, 7) is 2.75. The van der Waals surface area contributed by atoms with Crippen molar-refractivity contribution in [2.45, 2.75) is 25.3 Å². The van der Waals surface area contributed by atoms with E-state index in [0.717, 1.165) is 22.9 Å². The number of aryl methyl sites for hydroxylation is 1. The van der Waals surface area contributed by atoms with Gasteiger partial charge in [0.2, 0.25) is 5.91 Å². The summed E-state index contributed by atoms with van der Waals surface area (Å²) in [5, 5.41) is 3.67. The molecule has 1 saturated heterocycles. The minimum atomic E-state index is -0.937. The van der Waals surface area contributed by atoms with Crippen molar-refractivity contribution >= 4 is 22.7 Å². The maximum absolute atomic E-state index is 13.1. The van der Waals surface area contributed by atoms with Crippen LogP contribution < -0.4 is 5.32 Å². The van der Waals surface area contributed by atoms with Gasteiger partial charge in [0.15, 0.2) is 0 Å². The molecule has 2 heterocycles. The first-order valence-corrected chi connectivity index (χ1v) is 8.14. The number of carbonyl (C=O) groups excluding carboxylic acids is 2. The van der Waals surface area contributed by atoms with E-state index in [1.807, 2.05) is 31.2 Å². The van der Waals surface area contributed by atoms with E-state index in [-0.39, 0.29) is 18.4 Å². The summed E-state index contributed by atoms with van der Waals surface area (Å²) in [7, 11) is 3.14. The third-order valence-corrected chi connectivity index (χ3v) is 4.78. The highest BCUT2D eigenvalue weighted by Crippen LogP contribution is 2.32. The van der Waals surface area contributed by atoms with Gasteiger partial charge in [-0.15, -0.1) is 0 Å². The SMILES string of the molecule is CNC(=O)C1(COC)CCCN1C(=O)c1cc2ccc(C)cc2[nH]1. The first-order valence-electron chi connectivity index (χ1n) is 8.14. The zero-order chi connectivity index (χ0) is 17.3. The van der Waals surface area contributed by atoms with Crippen LogP contribution in [0.5, 0.6) is 0 Å². The number of methoxy groups -OCH3 is 1. The van der Waals surface area contributed by atoms with Gasteiger partial charge in [0.05, 0.1) is 6.61 Å². The molecule has 6 nitrogen and oxygen atoms in total. The molecule has 128 valence electrons. The lowest BCUT2D eigenvalue weighted by molar-refractivity contribution is -0.133. The third kappa shape index (κ3) is 2.57. The lowest BCUT2D eigenvalue weighted by Gasteiger charge is -2.36. The second kappa shape index (κ2) is 6.28. The number of aromatic nitrogens is 1. The first kappa shape index (κ1) is 16.5. The number of likely N-dealkylation sites (N-methyl/N-ethyl adjacent to an activating group) is 1. The number of aromatic amines is 1. The molecule has 24 heavy (non-hydrogen) atoms. The van der Waals surface area contributed by atoms with Crippen LogP contribution in [0.3, 0.4) is 0 Å². The second-order valence-electron chi connectivity index (χ2n) is 6.38. The summed E-state index contributed by atoms with van der Waals surface area (Å²) < 4.78 is 5.28. The van der Waals surface area contributed by atoms with E-state index in [9.17, 15) is 9.59 Å². The summed E-state index contributed by atoms with van der Waals surface area (Å²) >= 11 is 0.